The minimum Gasteiger partial charge on any atom is -0.324 e. The highest BCUT2D eigenvalue weighted by Gasteiger charge is 2.19. The third-order valence-electron chi connectivity index (χ3n) is 5.89. The van der Waals surface area contributed by atoms with E-state index in [9.17, 15) is 13.2 Å². The highest BCUT2D eigenvalue weighted by atomic mass is 35.5. The summed E-state index contributed by atoms with van der Waals surface area (Å²) in [5.41, 5.74) is 2.91. The van der Waals surface area contributed by atoms with E-state index in [2.05, 4.69) is 46.3 Å². The van der Waals surface area contributed by atoms with Gasteiger partial charge in [0.25, 0.3) is 0 Å². The van der Waals surface area contributed by atoms with Gasteiger partial charge in [-0.15, -0.1) is 5.10 Å². The lowest BCUT2D eigenvalue weighted by molar-refractivity contribution is -0.113. The second kappa shape index (κ2) is 12.7. The van der Waals surface area contributed by atoms with Crippen molar-refractivity contribution in [2.24, 2.45) is 0 Å². The van der Waals surface area contributed by atoms with Gasteiger partial charge >= 0.3 is 0 Å². The standard InChI is InChI=1S/C27H28Cl2N6O3S2/c1-27(2,3)19-9-12-24(22(29)15-19)35-26(32-33-34-35)39-17-25(36)31-23-11-10-20(16-21(23)28)40(37,38)30-14-13-18-7-5-4-6-8-18/h4-12,15-16,30H,13-14,17H2,1-3H3,(H,31,36). The Morgan fingerprint density at radius 1 is 1.00 bits per heavy atom. The molecule has 0 atom stereocenters. The Morgan fingerprint density at radius 2 is 1.75 bits per heavy atom. The van der Waals surface area contributed by atoms with Gasteiger partial charge in [0.2, 0.25) is 21.1 Å². The molecule has 210 valence electrons. The van der Waals surface area contributed by atoms with Gasteiger partial charge in [0.05, 0.1) is 32.1 Å². The number of aromatic nitrogens is 4. The second-order valence-electron chi connectivity index (χ2n) is 9.90. The molecule has 1 aromatic heterocycles. The first kappa shape index (κ1) is 30.0. The van der Waals surface area contributed by atoms with E-state index in [1.165, 1.54) is 22.9 Å². The van der Waals surface area contributed by atoms with Gasteiger partial charge in [-0.05, 0) is 63.7 Å². The van der Waals surface area contributed by atoms with Crippen LogP contribution in [0.15, 0.2) is 76.8 Å². The Hall–Kier alpha value is -2.96. The largest absolute Gasteiger partial charge is 0.324 e. The van der Waals surface area contributed by atoms with Crippen molar-refractivity contribution in [3.63, 3.8) is 0 Å². The number of benzene rings is 3. The van der Waals surface area contributed by atoms with E-state index in [1.54, 1.807) is 0 Å². The fraction of sp³-hybridized carbons (Fsp3) is 0.259. The zero-order chi connectivity index (χ0) is 28.9. The smallest absolute Gasteiger partial charge is 0.240 e. The van der Waals surface area contributed by atoms with Crippen LogP contribution in [0.4, 0.5) is 5.69 Å². The summed E-state index contributed by atoms with van der Waals surface area (Å²) >= 11 is 14.0. The van der Waals surface area contributed by atoms with E-state index in [-0.39, 0.29) is 39.2 Å². The van der Waals surface area contributed by atoms with Crippen LogP contribution < -0.4 is 10.0 Å². The highest BCUT2D eigenvalue weighted by molar-refractivity contribution is 7.99. The maximum atomic E-state index is 12.7. The molecular formula is C27H28Cl2N6O3S2. The van der Waals surface area contributed by atoms with Gasteiger partial charge in [0.1, 0.15) is 0 Å². The Bertz CT molecular complexity index is 1610. The summed E-state index contributed by atoms with van der Waals surface area (Å²) in [4.78, 5) is 12.7. The number of carbonyl (C=O) groups excluding carboxylic acids is 1. The molecule has 9 nitrogen and oxygen atoms in total. The van der Waals surface area contributed by atoms with Crippen molar-refractivity contribution in [2.45, 2.75) is 42.7 Å². The van der Waals surface area contributed by atoms with E-state index in [0.29, 0.717) is 22.3 Å². The SMILES string of the molecule is CC(C)(C)c1ccc(-n2nnnc2SCC(=O)Nc2ccc(S(=O)(=O)NCCc3ccccc3)cc2Cl)c(Cl)c1. The molecule has 0 aliphatic heterocycles. The van der Waals surface area contributed by atoms with E-state index >= 15 is 0 Å². The molecule has 0 aliphatic rings. The van der Waals surface area contributed by atoms with Crippen LogP contribution in [0.1, 0.15) is 31.9 Å². The molecule has 2 N–H and O–H groups in total. The maximum absolute atomic E-state index is 12.7. The fourth-order valence-electron chi connectivity index (χ4n) is 3.70. The van der Waals surface area contributed by atoms with Crippen molar-refractivity contribution in [3.05, 3.63) is 87.9 Å². The lowest BCUT2D eigenvalue weighted by Gasteiger charge is -2.20. The van der Waals surface area contributed by atoms with Crippen LogP contribution in [0, 0.1) is 0 Å². The van der Waals surface area contributed by atoms with Crippen LogP contribution in [0.2, 0.25) is 10.0 Å². The normalized spacial score (nSPS) is 11.9. The number of nitrogens with zero attached hydrogens (tertiary/aromatic N) is 4. The molecule has 13 heteroatoms. The summed E-state index contributed by atoms with van der Waals surface area (Å²) < 4.78 is 29.4. The van der Waals surface area contributed by atoms with Crippen molar-refractivity contribution < 1.29 is 13.2 Å². The molecule has 1 heterocycles. The molecule has 0 aliphatic carbocycles. The lowest BCUT2D eigenvalue weighted by atomic mass is 9.87. The first-order valence-electron chi connectivity index (χ1n) is 12.3. The summed E-state index contributed by atoms with van der Waals surface area (Å²) in [6, 6.07) is 19.4. The summed E-state index contributed by atoms with van der Waals surface area (Å²) in [6.45, 7) is 6.53. The van der Waals surface area contributed by atoms with Gasteiger partial charge in [0, 0.05) is 6.54 Å². The third kappa shape index (κ3) is 7.61. The minimum absolute atomic E-state index is 0.00599. The predicted octanol–water partition coefficient (Wildman–Crippen LogP) is 5.52. The number of amides is 1. The molecule has 4 aromatic rings. The molecule has 0 unspecified atom stereocenters. The highest BCUT2D eigenvalue weighted by Crippen LogP contribution is 2.31. The quantitative estimate of drug-likeness (QED) is 0.225. The van der Waals surface area contributed by atoms with Gasteiger partial charge in [0.15, 0.2) is 0 Å². The van der Waals surface area contributed by atoms with Gasteiger partial charge in [-0.3, -0.25) is 4.79 Å². The Morgan fingerprint density at radius 3 is 2.42 bits per heavy atom. The second-order valence-corrected chi connectivity index (χ2v) is 13.4. The van der Waals surface area contributed by atoms with Crippen molar-refractivity contribution in [2.75, 3.05) is 17.6 Å². The molecule has 0 spiro atoms. The Balaban J connectivity index is 1.36. The van der Waals surface area contributed by atoms with E-state index in [4.69, 9.17) is 23.2 Å². The van der Waals surface area contributed by atoms with Gasteiger partial charge in [-0.2, -0.15) is 4.68 Å². The van der Waals surface area contributed by atoms with Crippen LogP contribution in [-0.2, 0) is 26.7 Å². The van der Waals surface area contributed by atoms with Crippen LogP contribution in [0.25, 0.3) is 5.69 Å². The number of carbonyl (C=O) groups is 1. The summed E-state index contributed by atoms with van der Waals surface area (Å²) in [5.74, 6) is -0.387. The number of thioether (sulfide) groups is 1. The zero-order valence-electron chi connectivity index (χ0n) is 22.1. The van der Waals surface area contributed by atoms with E-state index in [1.807, 2.05) is 48.5 Å². The summed E-state index contributed by atoms with van der Waals surface area (Å²) in [7, 11) is -3.77. The molecule has 0 radical (unpaired) electrons. The first-order valence-corrected chi connectivity index (χ1v) is 15.5. The van der Waals surface area contributed by atoms with Gasteiger partial charge in [-0.1, -0.05) is 92.1 Å². The Labute approximate surface area is 247 Å². The molecule has 0 bridgehead atoms. The van der Waals surface area contributed by atoms with Gasteiger partial charge in [-0.25, -0.2) is 13.1 Å². The third-order valence-corrected chi connectivity index (χ3v) is 8.88. The average Bonchev–Trinajstić information content (AvgIpc) is 3.37. The molecule has 40 heavy (non-hydrogen) atoms. The summed E-state index contributed by atoms with van der Waals surface area (Å²) in [5, 5.41) is 15.4. The first-order chi connectivity index (χ1) is 18.9. The summed E-state index contributed by atoms with van der Waals surface area (Å²) in [6.07, 6.45) is 0.553. The van der Waals surface area contributed by atoms with Crippen molar-refractivity contribution in [1.82, 2.24) is 24.9 Å². The zero-order valence-corrected chi connectivity index (χ0v) is 25.2. The number of nitrogens with one attached hydrogen (secondary N) is 2. The Kier molecular flexibility index (Phi) is 9.52. The fourth-order valence-corrected chi connectivity index (χ4v) is 6.00. The number of rotatable bonds is 10. The number of hydrogen-bond acceptors (Lipinski definition) is 7. The van der Waals surface area contributed by atoms with Gasteiger partial charge < -0.3 is 5.32 Å². The van der Waals surface area contributed by atoms with Crippen LogP contribution in [0.5, 0.6) is 0 Å². The van der Waals surface area contributed by atoms with Crippen molar-refractivity contribution >= 4 is 56.6 Å². The molecular weight excluding hydrogens is 591 g/mol. The van der Waals surface area contributed by atoms with Crippen molar-refractivity contribution in [1.29, 1.82) is 0 Å². The van der Waals surface area contributed by atoms with Crippen molar-refractivity contribution in [3.8, 4) is 5.69 Å². The number of sulfonamides is 1. The van der Waals surface area contributed by atoms with E-state index < -0.39 is 10.0 Å². The molecule has 3 aromatic carbocycles. The minimum atomic E-state index is -3.77. The van der Waals surface area contributed by atoms with Crippen LogP contribution >= 0.6 is 35.0 Å². The monoisotopic (exact) mass is 618 g/mol. The molecule has 1 amide bonds. The van der Waals surface area contributed by atoms with E-state index in [0.717, 1.165) is 22.9 Å². The number of anilines is 1. The van der Waals surface area contributed by atoms with Crippen LogP contribution in [-0.4, -0.2) is 46.8 Å². The number of hydrogen-bond donors (Lipinski definition) is 2. The van der Waals surface area contributed by atoms with Crippen LogP contribution in [0.3, 0.4) is 0 Å². The molecule has 0 fully saturated rings. The average molecular weight is 620 g/mol. The lowest BCUT2D eigenvalue weighted by Crippen LogP contribution is -2.26. The number of tetrazole rings is 1. The number of halogens is 2. The molecule has 4 rings (SSSR count). The maximum Gasteiger partial charge on any atom is 0.240 e. The predicted molar refractivity (Wildman–Crippen MR) is 159 cm³/mol. The topological polar surface area (TPSA) is 119 Å². The molecule has 0 saturated carbocycles. The molecule has 0 saturated heterocycles.